The molecule has 0 rings (SSSR count). The molecule has 3 heteroatoms. The second-order valence-corrected chi connectivity index (χ2v) is 2.13. The molecule has 0 fully saturated rings. The number of halogens is 2. The van der Waals surface area contributed by atoms with Crippen LogP contribution >= 0.6 is 24.2 Å². The van der Waals surface area contributed by atoms with Gasteiger partial charge < -0.3 is 0 Å². The van der Waals surface area contributed by atoms with E-state index in [1.165, 1.54) is 0 Å². The molecule has 0 aromatic carbocycles. The molecule has 0 aromatic rings. The molecule has 0 aliphatic heterocycles. The predicted octanol–water partition coefficient (Wildman–Crippen LogP) is 2.23. The number of rotatable bonds is 1. The highest BCUT2D eigenvalue weighted by Crippen LogP contribution is 2.21. The van der Waals surface area contributed by atoms with Crippen LogP contribution in [-0.4, -0.2) is 4.46 Å². The van der Waals surface area contributed by atoms with Crippen molar-refractivity contribution in [3.63, 3.8) is 0 Å². The van der Waals surface area contributed by atoms with E-state index >= 15 is 0 Å². The smallest absolute Gasteiger partial charge is 0.208 e. The van der Waals surface area contributed by atoms with Crippen molar-refractivity contribution in [2.75, 3.05) is 0 Å². The highest BCUT2D eigenvalue weighted by molar-refractivity contribution is 7.83. The lowest BCUT2D eigenvalue weighted by Crippen LogP contribution is -1.94. The minimum atomic E-state index is -2.14. The zero-order valence-corrected chi connectivity index (χ0v) is 4.52. The molecule has 0 saturated carbocycles. The first-order valence-corrected chi connectivity index (χ1v) is 2.07. The molecule has 6 heavy (non-hydrogen) atoms. The van der Waals surface area contributed by atoms with Crippen LogP contribution in [0.2, 0.25) is 0 Å². The average molecular weight is 126 g/mol. The summed E-state index contributed by atoms with van der Waals surface area (Å²) in [4.78, 5) is 0. The standard InChI is InChI=1S/C3H3ClFS/c1-2-3(4,5)6/h2H,1H2. The Morgan fingerprint density at radius 1 is 2.00 bits per heavy atom. The van der Waals surface area contributed by atoms with Crippen LogP contribution in [0.15, 0.2) is 12.7 Å². The fourth-order valence-corrected chi connectivity index (χ4v) is 0. The summed E-state index contributed by atoms with van der Waals surface area (Å²) in [6.45, 7) is 3.02. The normalized spacial score (nSPS) is 19.2. The van der Waals surface area contributed by atoms with Crippen molar-refractivity contribution < 1.29 is 4.39 Å². The predicted molar refractivity (Wildman–Crippen MR) is 27.5 cm³/mol. The van der Waals surface area contributed by atoms with E-state index in [0.717, 1.165) is 6.08 Å². The Kier molecular flexibility index (Phi) is 1.94. The van der Waals surface area contributed by atoms with Gasteiger partial charge in [0.15, 0.2) is 0 Å². The molecule has 1 atom stereocenters. The monoisotopic (exact) mass is 125 g/mol. The maximum absolute atomic E-state index is 11.6. The third-order valence-corrected chi connectivity index (χ3v) is 0.559. The first kappa shape index (κ1) is 6.31. The van der Waals surface area contributed by atoms with E-state index in [-0.39, 0.29) is 0 Å². The van der Waals surface area contributed by atoms with E-state index in [4.69, 9.17) is 11.6 Å². The van der Waals surface area contributed by atoms with Crippen LogP contribution < -0.4 is 0 Å². The molecule has 0 aromatic heterocycles. The summed E-state index contributed by atoms with van der Waals surface area (Å²) in [5.41, 5.74) is 0. The van der Waals surface area contributed by atoms with Gasteiger partial charge in [0.2, 0.25) is 0 Å². The van der Waals surface area contributed by atoms with Crippen molar-refractivity contribution in [3.8, 4) is 0 Å². The molecular formula is C3H3ClFS. The first-order chi connectivity index (χ1) is 2.56. The molecular weight excluding hydrogens is 123 g/mol. The van der Waals surface area contributed by atoms with Gasteiger partial charge in [-0.2, -0.15) is 0 Å². The maximum Gasteiger partial charge on any atom is 0.257 e. The third-order valence-electron chi connectivity index (χ3n) is 0.238. The lowest BCUT2D eigenvalue weighted by molar-refractivity contribution is 0.476. The summed E-state index contributed by atoms with van der Waals surface area (Å²) >= 11 is 8.71. The zero-order chi connectivity index (χ0) is 5.21. The zero-order valence-electron chi connectivity index (χ0n) is 2.95. The van der Waals surface area contributed by atoms with Gasteiger partial charge in [-0.05, 0) is 18.7 Å². The van der Waals surface area contributed by atoms with E-state index in [2.05, 4.69) is 19.2 Å². The van der Waals surface area contributed by atoms with Gasteiger partial charge >= 0.3 is 0 Å². The van der Waals surface area contributed by atoms with E-state index < -0.39 is 4.46 Å². The van der Waals surface area contributed by atoms with Crippen LogP contribution in [0, 0.1) is 0 Å². The lowest BCUT2D eigenvalue weighted by atomic mass is 10.7. The molecule has 35 valence electrons. The van der Waals surface area contributed by atoms with Gasteiger partial charge in [0.1, 0.15) is 0 Å². The van der Waals surface area contributed by atoms with E-state index in [9.17, 15) is 4.39 Å². The van der Waals surface area contributed by atoms with Gasteiger partial charge in [0.25, 0.3) is 4.46 Å². The molecule has 0 heterocycles. The SMILES string of the molecule is C=CC(F)([S])Cl. The molecule has 0 aliphatic carbocycles. The molecule has 0 amide bonds. The first-order valence-electron chi connectivity index (χ1n) is 1.28. The van der Waals surface area contributed by atoms with Crippen molar-refractivity contribution in [2.24, 2.45) is 0 Å². The molecule has 0 saturated heterocycles. The van der Waals surface area contributed by atoms with Crippen LogP contribution in [0.1, 0.15) is 0 Å². The highest BCUT2D eigenvalue weighted by atomic mass is 35.5. The van der Waals surface area contributed by atoms with Gasteiger partial charge in [-0.3, -0.25) is 0 Å². The van der Waals surface area contributed by atoms with Gasteiger partial charge in [0.05, 0.1) is 0 Å². The molecule has 1 unspecified atom stereocenters. The Balaban J connectivity index is 3.45. The van der Waals surface area contributed by atoms with Crippen molar-refractivity contribution in [1.82, 2.24) is 0 Å². The molecule has 1 radical (unpaired) electrons. The van der Waals surface area contributed by atoms with Crippen molar-refractivity contribution >= 4 is 24.2 Å². The van der Waals surface area contributed by atoms with E-state index in [1.54, 1.807) is 0 Å². The van der Waals surface area contributed by atoms with E-state index in [0.29, 0.717) is 0 Å². The van der Waals surface area contributed by atoms with Crippen molar-refractivity contribution in [1.29, 1.82) is 0 Å². The summed E-state index contributed by atoms with van der Waals surface area (Å²) in [6, 6.07) is 0. The summed E-state index contributed by atoms with van der Waals surface area (Å²) in [7, 11) is 0. The van der Waals surface area contributed by atoms with Crippen LogP contribution in [0.5, 0.6) is 0 Å². The molecule has 0 spiro atoms. The fraction of sp³-hybridized carbons (Fsp3) is 0.333. The Hall–Kier alpha value is 0.310. The van der Waals surface area contributed by atoms with Gasteiger partial charge in [-0.25, -0.2) is 4.39 Å². The quantitative estimate of drug-likeness (QED) is 0.373. The second-order valence-electron chi connectivity index (χ2n) is 0.766. The van der Waals surface area contributed by atoms with Gasteiger partial charge in [0, 0.05) is 0 Å². The van der Waals surface area contributed by atoms with Crippen LogP contribution in [0.3, 0.4) is 0 Å². The summed E-state index contributed by atoms with van der Waals surface area (Å²) < 4.78 is 9.44. The van der Waals surface area contributed by atoms with Crippen LogP contribution in [0.25, 0.3) is 0 Å². The number of hydrogen-bond acceptors (Lipinski definition) is 0. The molecule has 0 aliphatic rings. The van der Waals surface area contributed by atoms with Crippen molar-refractivity contribution in [2.45, 2.75) is 4.46 Å². The molecule has 0 N–H and O–H groups in total. The minimum Gasteiger partial charge on any atom is -0.208 e. The van der Waals surface area contributed by atoms with Gasteiger partial charge in [-0.15, -0.1) is 0 Å². The Morgan fingerprint density at radius 3 is 2.17 bits per heavy atom. The Morgan fingerprint density at radius 2 is 2.17 bits per heavy atom. The molecule has 0 nitrogen and oxygen atoms in total. The third kappa shape index (κ3) is 4.31. The second kappa shape index (κ2) is 1.85. The maximum atomic E-state index is 11.6. The lowest BCUT2D eigenvalue weighted by Gasteiger charge is -1.96. The topological polar surface area (TPSA) is 0 Å². The average Bonchev–Trinajstić information content (AvgIpc) is 1.35. The van der Waals surface area contributed by atoms with Crippen molar-refractivity contribution in [3.05, 3.63) is 12.7 Å². The fourth-order valence-electron chi connectivity index (χ4n) is 0. The number of alkyl halides is 2. The molecule has 0 bridgehead atoms. The highest BCUT2D eigenvalue weighted by Gasteiger charge is 2.13. The van der Waals surface area contributed by atoms with Crippen LogP contribution in [-0.2, 0) is 0 Å². The summed E-state index contributed by atoms with van der Waals surface area (Å²) in [5, 5.41) is 0. The largest absolute Gasteiger partial charge is 0.257 e. The Bertz CT molecular complexity index is 56.3. The summed E-state index contributed by atoms with van der Waals surface area (Å²) in [5.74, 6) is 0. The summed E-state index contributed by atoms with van der Waals surface area (Å²) in [6.07, 6.45) is 0.851. The number of hydrogen-bond donors (Lipinski definition) is 0. The minimum absolute atomic E-state index is 0.851. The van der Waals surface area contributed by atoms with Crippen LogP contribution in [0.4, 0.5) is 4.39 Å². The Labute approximate surface area is 46.4 Å². The van der Waals surface area contributed by atoms with E-state index in [1.807, 2.05) is 0 Å². The van der Waals surface area contributed by atoms with Gasteiger partial charge in [-0.1, -0.05) is 18.2 Å².